The molecule has 6 heteroatoms. The highest BCUT2D eigenvalue weighted by Crippen LogP contribution is 2.16. The second-order valence-electron chi connectivity index (χ2n) is 5.14. The van der Waals surface area contributed by atoms with E-state index in [0.29, 0.717) is 18.1 Å². The number of amides is 2. The number of nitrogens with zero attached hydrogens (tertiary/aromatic N) is 1. The van der Waals surface area contributed by atoms with Crippen molar-refractivity contribution in [2.45, 2.75) is 19.4 Å². The van der Waals surface area contributed by atoms with Gasteiger partial charge in [0.05, 0.1) is 6.04 Å². The van der Waals surface area contributed by atoms with Crippen LogP contribution in [0.3, 0.4) is 0 Å². The molecule has 1 atom stereocenters. The summed E-state index contributed by atoms with van der Waals surface area (Å²) >= 11 is 5.84. The Balaban J connectivity index is 1.93. The van der Waals surface area contributed by atoms with Gasteiger partial charge in [-0.3, -0.25) is 9.59 Å². The smallest absolute Gasteiger partial charge is 0.311 e. The molecule has 2 rings (SSSR count). The minimum Gasteiger partial charge on any atom is -0.341 e. The second-order valence-corrected chi connectivity index (χ2v) is 5.58. The van der Waals surface area contributed by atoms with Gasteiger partial charge in [-0.25, -0.2) is 0 Å². The SMILES string of the molecule is CC(NC(=O)C(=O)N1CCCNCC1)c1ccc(Cl)cc1. The van der Waals surface area contributed by atoms with E-state index >= 15 is 0 Å². The molecule has 1 fully saturated rings. The van der Waals surface area contributed by atoms with Crippen LogP contribution in [0.25, 0.3) is 0 Å². The number of halogens is 1. The zero-order valence-corrected chi connectivity index (χ0v) is 12.8. The van der Waals surface area contributed by atoms with Crippen LogP contribution in [0, 0.1) is 0 Å². The van der Waals surface area contributed by atoms with Crippen LogP contribution in [0.2, 0.25) is 5.02 Å². The summed E-state index contributed by atoms with van der Waals surface area (Å²) in [5.74, 6) is -1.01. The average Bonchev–Trinajstić information content (AvgIpc) is 2.76. The molecule has 1 aliphatic heterocycles. The standard InChI is InChI=1S/C15H20ClN3O2/c1-11(12-3-5-13(16)6-4-12)18-14(20)15(21)19-9-2-7-17-8-10-19/h3-6,11,17H,2,7-10H2,1H3,(H,18,20). The number of hydrogen-bond acceptors (Lipinski definition) is 3. The van der Waals surface area contributed by atoms with Crippen molar-refractivity contribution in [3.8, 4) is 0 Å². The Morgan fingerprint density at radius 3 is 2.67 bits per heavy atom. The van der Waals surface area contributed by atoms with Gasteiger partial charge in [-0.2, -0.15) is 0 Å². The average molecular weight is 310 g/mol. The van der Waals surface area contributed by atoms with Gasteiger partial charge in [-0.05, 0) is 37.6 Å². The van der Waals surface area contributed by atoms with Crippen molar-refractivity contribution in [2.24, 2.45) is 0 Å². The maximum atomic E-state index is 12.1. The quantitative estimate of drug-likeness (QED) is 0.811. The van der Waals surface area contributed by atoms with Crippen LogP contribution in [0.15, 0.2) is 24.3 Å². The number of hydrogen-bond donors (Lipinski definition) is 2. The number of carbonyl (C=O) groups is 2. The molecule has 0 saturated carbocycles. The maximum Gasteiger partial charge on any atom is 0.311 e. The Hall–Kier alpha value is -1.59. The number of benzene rings is 1. The molecule has 1 aromatic rings. The third kappa shape index (κ3) is 4.44. The highest BCUT2D eigenvalue weighted by molar-refractivity contribution is 6.35. The van der Waals surface area contributed by atoms with E-state index in [0.717, 1.165) is 25.1 Å². The minimum absolute atomic E-state index is 0.233. The lowest BCUT2D eigenvalue weighted by molar-refractivity contribution is -0.146. The van der Waals surface area contributed by atoms with E-state index in [4.69, 9.17) is 11.6 Å². The van der Waals surface area contributed by atoms with Gasteiger partial charge in [0.2, 0.25) is 0 Å². The van der Waals surface area contributed by atoms with E-state index in [2.05, 4.69) is 10.6 Å². The number of carbonyl (C=O) groups excluding carboxylic acids is 2. The third-order valence-electron chi connectivity index (χ3n) is 3.54. The molecular weight excluding hydrogens is 290 g/mol. The lowest BCUT2D eigenvalue weighted by Crippen LogP contribution is -2.45. The van der Waals surface area contributed by atoms with E-state index in [1.165, 1.54) is 0 Å². The molecule has 1 aromatic carbocycles. The first-order valence-electron chi connectivity index (χ1n) is 7.14. The Labute approximate surface area is 129 Å². The van der Waals surface area contributed by atoms with Gasteiger partial charge in [-0.15, -0.1) is 0 Å². The van der Waals surface area contributed by atoms with Crippen LogP contribution in [0.4, 0.5) is 0 Å². The van der Waals surface area contributed by atoms with Gasteiger partial charge in [0.25, 0.3) is 0 Å². The van der Waals surface area contributed by atoms with Crippen molar-refractivity contribution < 1.29 is 9.59 Å². The molecule has 1 aliphatic rings. The molecule has 0 bridgehead atoms. The van der Waals surface area contributed by atoms with Crippen molar-refractivity contribution in [2.75, 3.05) is 26.2 Å². The van der Waals surface area contributed by atoms with Crippen LogP contribution in [0.1, 0.15) is 24.9 Å². The van der Waals surface area contributed by atoms with Gasteiger partial charge >= 0.3 is 11.8 Å². The first-order chi connectivity index (χ1) is 10.1. The van der Waals surface area contributed by atoms with Crippen molar-refractivity contribution in [1.29, 1.82) is 0 Å². The fraction of sp³-hybridized carbons (Fsp3) is 0.467. The lowest BCUT2D eigenvalue weighted by atomic mass is 10.1. The van der Waals surface area contributed by atoms with Crippen molar-refractivity contribution >= 4 is 23.4 Å². The highest BCUT2D eigenvalue weighted by atomic mass is 35.5. The van der Waals surface area contributed by atoms with Crippen molar-refractivity contribution in [3.05, 3.63) is 34.9 Å². The first kappa shape index (κ1) is 15.8. The normalized spacial score (nSPS) is 17.0. The monoisotopic (exact) mass is 309 g/mol. The maximum absolute atomic E-state index is 12.1. The Kier molecular flexibility index (Phi) is 5.59. The molecule has 2 N–H and O–H groups in total. The number of rotatable bonds is 2. The summed E-state index contributed by atoms with van der Waals surface area (Å²) in [7, 11) is 0. The van der Waals surface area contributed by atoms with E-state index in [-0.39, 0.29) is 6.04 Å². The van der Waals surface area contributed by atoms with Gasteiger partial charge < -0.3 is 15.5 Å². The van der Waals surface area contributed by atoms with E-state index < -0.39 is 11.8 Å². The zero-order valence-electron chi connectivity index (χ0n) is 12.1. The first-order valence-corrected chi connectivity index (χ1v) is 7.51. The molecule has 5 nitrogen and oxygen atoms in total. The largest absolute Gasteiger partial charge is 0.341 e. The molecule has 0 radical (unpaired) electrons. The summed E-state index contributed by atoms with van der Waals surface area (Å²) in [6.45, 7) is 4.65. The van der Waals surface area contributed by atoms with Gasteiger partial charge in [0.15, 0.2) is 0 Å². The van der Waals surface area contributed by atoms with Gasteiger partial charge in [0, 0.05) is 24.7 Å². The summed E-state index contributed by atoms with van der Waals surface area (Å²) in [5.41, 5.74) is 0.915. The number of nitrogens with one attached hydrogen (secondary N) is 2. The lowest BCUT2D eigenvalue weighted by Gasteiger charge is -2.21. The molecule has 0 spiro atoms. The molecule has 1 saturated heterocycles. The van der Waals surface area contributed by atoms with Gasteiger partial charge in [-0.1, -0.05) is 23.7 Å². The van der Waals surface area contributed by atoms with Crippen LogP contribution in [-0.2, 0) is 9.59 Å². The summed E-state index contributed by atoms with van der Waals surface area (Å²) < 4.78 is 0. The highest BCUT2D eigenvalue weighted by Gasteiger charge is 2.23. The van der Waals surface area contributed by atoms with Crippen LogP contribution in [0.5, 0.6) is 0 Å². The minimum atomic E-state index is -0.556. The van der Waals surface area contributed by atoms with E-state index in [1.807, 2.05) is 19.1 Å². The van der Waals surface area contributed by atoms with Crippen LogP contribution in [-0.4, -0.2) is 42.9 Å². The van der Waals surface area contributed by atoms with Crippen molar-refractivity contribution in [3.63, 3.8) is 0 Å². The molecule has 0 aromatic heterocycles. The van der Waals surface area contributed by atoms with Crippen LogP contribution < -0.4 is 10.6 Å². The molecule has 2 amide bonds. The summed E-state index contributed by atoms with van der Waals surface area (Å²) in [6.07, 6.45) is 0.867. The summed E-state index contributed by atoms with van der Waals surface area (Å²) in [4.78, 5) is 25.8. The predicted octanol–water partition coefficient (Wildman–Crippen LogP) is 1.34. The van der Waals surface area contributed by atoms with Crippen LogP contribution >= 0.6 is 11.6 Å². The summed E-state index contributed by atoms with van der Waals surface area (Å²) in [5, 5.41) is 6.59. The summed E-state index contributed by atoms with van der Waals surface area (Å²) in [6, 6.07) is 6.98. The Morgan fingerprint density at radius 1 is 1.24 bits per heavy atom. The van der Waals surface area contributed by atoms with Crippen molar-refractivity contribution in [1.82, 2.24) is 15.5 Å². The molecule has 1 unspecified atom stereocenters. The van der Waals surface area contributed by atoms with E-state index in [9.17, 15) is 9.59 Å². The molecule has 1 heterocycles. The molecule has 21 heavy (non-hydrogen) atoms. The molecule has 114 valence electrons. The second kappa shape index (κ2) is 7.43. The Morgan fingerprint density at radius 2 is 1.95 bits per heavy atom. The predicted molar refractivity (Wildman–Crippen MR) is 82.1 cm³/mol. The van der Waals surface area contributed by atoms with E-state index in [1.54, 1.807) is 17.0 Å². The molecule has 0 aliphatic carbocycles. The zero-order chi connectivity index (χ0) is 15.2. The topological polar surface area (TPSA) is 61.4 Å². The van der Waals surface area contributed by atoms with Gasteiger partial charge in [0.1, 0.15) is 0 Å². The molecular formula is C15H20ClN3O2. The fourth-order valence-electron chi connectivity index (χ4n) is 2.29. The third-order valence-corrected chi connectivity index (χ3v) is 3.79. The fourth-order valence-corrected chi connectivity index (χ4v) is 2.41. The Bertz CT molecular complexity index is 496.